The average molecular weight is 279 g/mol. The maximum Gasteiger partial charge on any atom is 0.241 e. The summed E-state index contributed by atoms with van der Waals surface area (Å²) in [7, 11) is 0. The summed E-state index contributed by atoms with van der Waals surface area (Å²) in [6, 6.07) is 1.06. The van der Waals surface area contributed by atoms with E-state index in [9.17, 15) is 4.79 Å². The summed E-state index contributed by atoms with van der Waals surface area (Å²) in [4.78, 5) is 17.4. The summed E-state index contributed by atoms with van der Waals surface area (Å²) >= 11 is 0. The largest absolute Gasteiger partial charge is 0.321 e. The monoisotopic (exact) mass is 279 g/mol. The minimum absolute atomic E-state index is 0.00334. The molecule has 0 bridgehead atoms. The zero-order valence-electron chi connectivity index (χ0n) is 13.1. The van der Waals surface area contributed by atoms with Crippen LogP contribution >= 0.6 is 0 Å². The van der Waals surface area contributed by atoms with Gasteiger partial charge >= 0.3 is 0 Å². The standard InChI is InChI=1S/C16H29N3O/c1-11(2)10-15-17-12(3)16(20)19(15)14-7-9-18-8-5-4-6-13(14)18/h11-15,17H,4-10H2,1-3H3. The van der Waals surface area contributed by atoms with Gasteiger partial charge in [-0.15, -0.1) is 0 Å². The van der Waals surface area contributed by atoms with Crippen molar-refractivity contribution in [2.24, 2.45) is 5.92 Å². The fourth-order valence-corrected chi connectivity index (χ4v) is 4.39. The van der Waals surface area contributed by atoms with E-state index in [0.717, 1.165) is 6.42 Å². The van der Waals surface area contributed by atoms with Crippen molar-refractivity contribution in [2.45, 2.75) is 77.2 Å². The fraction of sp³-hybridized carbons (Fsp3) is 0.938. The van der Waals surface area contributed by atoms with Crippen molar-refractivity contribution in [2.75, 3.05) is 13.1 Å². The minimum Gasteiger partial charge on any atom is -0.321 e. The number of nitrogens with zero attached hydrogens (tertiary/aromatic N) is 2. The molecule has 4 nitrogen and oxygen atoms in total. The number of carbonyl (C=O) groups is 1. The van der Waals surface area contributed by atoms with Gasteiger partial charge in [0.15, 0.2) is 0 Å². The van der Waals surface area contributed by atoms with Crippen LogP contribution in [0.2, 0.25) is 0 Å². The van der Waals surface area contributed by atoms with Gasteiger partial charge in [-0.3, -0.25) is 15.0 Å². The summed E-state index contributed by atoms with van der Waals surface area (Å²) in [5, 5.41) is 3.52. The van der Waals surface area contributed by atoms with E-state index < -0.39 is 0 Å². The lowest BCUT2D eigenvalue weighted by atomic mass is 9.96. The number of piperidine rings is 1. The van der Waals surface area contributed by atoms with Crippen molar-refractivity contribution in [3.05, 3.63) is 0 Å². The maximum atomic E-state index is 12.6. The van der Waals surface area contributed by atoms with Crippen LogP contribution in [0.5, 0.6) is 0 Å². The van der Waals surface area contributed by atoms with E-state index in [1.807, 2.05) is 6.92 Å². The Morgan fingerprint density at radius 1 is 1.20 bits per heavy atom. The highest BCUT2D eigenvalue weighted by molar-refractivity contribution is 5.84. The Labute approximate surface area is 122 Å². The second-order valence-corrected chi connectivity index (χ2v) is 7.23. The molecule has 3 saturated heterocycles. The molecular formula is C16H29N3O. The molecule has 0 aromatic carbocycles. The molecule has 0 aromatic rings. The van der Waals surface area contributed by atoms with Crippen LogP contribution in [0.4, 0.5) is 0 Å². The summed E-state index contributed by atoms with van der Waals surface area (Å²) in [6.07, 6.45) is 6.43. The lowest BCUT2D eigenvalue weighted by Gasteiger charge is -2.38. The van der Waals surface area contributed by atoms with Gasteiger partial charge in [-0.05, 0) is 45.1 Å². The molecule has 3 aliphatic rings. The van der Waals surface area contributed by atoms with Gasteiger partial charge in [0.1, 0.15) is 0 Å². The fourth-order valence-electron chi connectivity index (χ4n) is 4.39. The van der Waals surface area contributed by atoms with Crippen LogP contribution in [0.3, 0.4) is 0 Å². The van der Waals surface area contributed by atoms with E-state index in [1.54, 1.807) is 0 Å². The first-order valence-corrected chi connectivity index (χ1v) is 8.40. The smallest absolute Gasteiger partial charge is 0.241 e. The Kier molecular flexibility index (Phi) is 4.04. The van der Waals surface area contributed by atoms with Crippen LogP contribution in [0.25, 0.3) is 0 Å². The Morgan fingerprint density at radius 3 is 2.75 bits per heavy atom. The topological polar surface area (TPSA) is 35.6 Å². The average Bonchev–Trinajstić information content (AvgIpc) is 2.92. The number of carbonyl (C=O) groups excluding carboxylic acids is 1. The molecule has 0 aliphatic carbocycles. The number of amides is 1. The van der Waals surface area contributed by atoms with Crippen molar-refractivity contribution in [1.29, 1.82) is 0 Å². The Hall–Kier alpha value is -0.610. The maximum absolute atomic E-state index is 12.6. The molecule has 3 rings (SSSR count). The summed E-state index contributed by atoms with van der Waals surface area (Å²) in [5.41, 5.74) is 0. The van der Waals surface area contributed by atoms with Gasteiger partial charge < -0.3 is 4.90 Å². The van der Waals surface area contributed by atoms with Gasteiger partial charge in [-0.25, -0.2) is 0 Å². The lowest BCUT2D eigenvalue weighted by molar-refractivity contribution is -0.133. The molecule has 0 radical (unpaired) electrons. The van der Waals surface area contributed by atoms with Crippen molar-refractivity contribution < 1.29 is 4.79 Å². The third-order valence-electron chi connectivity index (χ3n) is 5.28. The van der Waals surface area contributed by atoms with E-state index in [1.165, 1.54) is 38.8 Å². The van der Waals surface area contributed by atoms with Crippen molar-refractivity contribution in [3.63, 3.8) is 0 Å². The summed E-state index contributed by atoms with van der Waals surface area (Å²) in [6.45, 7) is 8.93. The zero-order chi connectivity index (χ0) is 14.3. The molecule has 3 fully saturated rings. The van der Waals surface area contributed by atoms with E-state index in [-0.39, 0.29) is 12.2 Å². The van der Waals surface area contributed by atoms with Gasteiger partial charge in [-0.2, -0.15) is 0 Å². The third kappa shape index (κ3) is 2.48. The molecule has 4 heteroatoms. The van der Waals surface area contributed by atoms with E-state index >= 15 is 0 Å². The number of hydrogen-bond donors (Lipinski definition) is 1. The number of fused-ring (bicyclic) bond motifs is 1. The van der Waals surface area contributed by atoms with Gasteiger partial charge in [0.05, 0.1) is 18.2 Å². The van der Waals surface area contributed by atoms with Crippen LogP contribution in [0, 0.1) is 5.92 Å². The Morgan fingerprint density at radius 2 is 2.00 bits per heavy atom. The highest BCUT2D eigenvalue weighted by Crippen LogP contribution is 2.34. The van der Waals surface area contributed by atoms with Gasteiger partial charge in [-0.1, -0.05) is 20.3 Å². The SMILES string of the molecule is CC(C)CC1NC(C)C(=O)N1C1CCN2CCCCC12. The normalized spacial score (nSPS) is 38.8. The second kappa shape index (κ2) is 5.64. The Bertz CT molecular complexity index is 371. The van der Waals surface area contributed by atoms with Crippen LogP contribution in [-0.4, -0.2) is 53.1 Å². The van der Waals surface area contributed by atoms with E-state index in [2.05, 4.69) is 29.0 Å². The minimum atomic E-state index is -0.00334. The third-order valence-corrected chi connectivity index (χ3v) is 5.28. The molecule has 1 amide bonds. The first-order chi connectivity index (χ1) is 9.58. The molecule has 0 saturated carbocycles. The first kappa shape index (κ1) is 14.3. The predicted octanol–water partition coefficient (Wildman–Crippen LogP) is 1.81. The molecule has 114 valence electrons. The van der Waals surface area contributed by atoms with Crippen LogP contribution < -0.4 is 5.32 Å². The van der Waals surface area contributed by atoms with E-state index in [4.69, 9.17) is 0 Å². The van der Waals surface area contributed by atoms with Crippen LogP contribution in [-0.2, 0) is 4.79 Å². The van der Waals surface area contributed by atoms with Crippen molar-refractivity contribution in [3.8, 4) is 0 Å². The van der Waals surface area contributed by atoms with E-state index in [0.29, 0.717) is 23.9 Å². The molecule has 4 unspecified atom stereocenters. The van der Waals surface area contributed by atoms with Gasteiger partial charge in [0.25, 0.3) is 0 Å². The van der Waals surface area contributed by atoms with Gasteiger partial charge in [0, 0.05) is 12.6 Å². The number of nitrogens with one attached hydrogen (secondary N) is 1. The van der Waals surface area contributed by atoms with Crippen LogP contribution in [0.15, 0.2) is 0 Å². The second-order valence-electron chi connectivity index (χ2n) is 7.23. The molecule has 1 N–H and O–H groups in total. The molecule has 20 heavy (non-hydrogen) atoms. The van der Waals surface area contributed by atoms with Gasteiger partial charge in [0.2, 0.25) is 5.91 Å². The number of rotatable bonds is 3. The Balaban J connectivity index is 1.77. The van der Waals surface area contributed by atoms with Crippen LogP contribution in [0.1, 0.15) is 52.9 Å². The lowest BCUT2D eigenvalue weighted by Crippen LogP contribution is -2.52. The number of hydrogen-bond acceptors (Lipinski definition) is 3. The zero-order valence-corrected chi connectivity index (χ0v) is 13.1. The molecule has 0 spiro atoms. The van der Waals surface area contributed by atoms with Crippen molar-refractivity contribution in [1.82, 2.24) is 15.1 Å². The highest BCUT2D eigenvalue weighted by atomic mass is 16.2. The molecular weight excluding hydrogens is 250 g/mol. The predicted molar refractivity (Wildman–Crippen MR) is 80.3 cm³/mol. The molecule has 0 aromatic heterocycles. The summed E-state index contributed by atoms with van der Waals surface area (Å²) < 4.78 is 0. The van der Waals surface area contributed by atoms with Crippen molar-refractivity contribution >= 4 is 5.91 Å². The molecule has 3 aliphatic heterocycles. The molecule has 3 heterocycles. The highest BCUT2D eigenvalue weighted by Gasteiger charge is 2.47. The summed E-state index contributed by atoms with van der Waals surface area (Å²) in [5.74, 6) is 0.949. The molecule has 4 atom stereocenters. The quantitative estimate of drug-likeness (QED) is 0.856. The first-order valence-electron chi connectivity index (χ1n) is 8.40.